The summed E-state index contributed by atoms with van der Waals surface area (Å²) in [6.07, 6.45) is 11.1. The van der Waals surface area contributed by atoms with Crippen LogP contribution in [0, 0.1) is 22.7 Å². The summed E-state index contributed by atoms with van der Waals surface area (Å²) in [4.78, 5) is 28.1. The number of aliphatic carboxylic acids is 2. The predicted octanol–water partition coefficient (Wildman–Crippen LogP) is 14.1. The molecular weight excluding hydrogens is 847 g/mol. The van der Waals surface area contributed by atoms with Crippen molar-refractivity contribution in [2.75, 3.05) is 12.0 Å². The molecule has 2 aromatic heterocycles. The van der Waals surface area contributed by atoms with Crippen molar-refractivity contribution in [1.82, 2.24) is 0 Å². The van der Waals surface area contributed by atoms with Crippen molar-refractivity contribution in [3.63, 3.8) is 0 Å². The molecule has 0 aliphatic carbocycles. The Kier molecular flexibility index (Phi) is 13.0. The van der Waals surface area contributed by atoms with Gasteiger partial charge in [-0.2, -0.15) is 10.5 Å². The topological polar surface area (TPSA) is 135 Å². The first-order valence-corrected chi connectivity index (χ1v) is 21.8. The molecule has 0 atom stereocenters. The van der Waals surface area contributed by atoms with E-state index >= 15 is 0 Å². The van der Waals surface area contributed by atoms with Crippen molar-refractivity contribution in [3.05, 3.63) is 201 Å². The Bertz CT molecular complexity index is 3070. The molecular formula is C55H37N3O5S2. The van der Waals surface area contributed by atoms with E-state index in [1.165, 1.54) is 34.8 Å². The van der Waals surface area contributed by atoms with Crippen molar-refractivity contribution in [2.24, 2.45) is 0 Å². The van der Waals surface area contributed by atoms with E-state index in [9.17, 15) is 19.8 Å². The third-order valence-electron chi connectivity index (χ3n) is 10.4. The molecule has 0 unspecified atom stereocenters. The van der Waals surface area contributed by atoms with Gasteiger partial charge in [0.05, 0.1) is 7.11 Å². The van der Waals surface area contributed by atoms with Gasteiger partial charge >= 0.3 is 11.9 Å². The van der Waals surface area contributed by atoms with E-state index in [1.54, 1.807) is 19.2 Å². The number of hydrogen-bond acceptors (Lipinski definition) is 8. The molecule has 0 saturated heterocycles. The molecule has 2 heterocycles. The van der Waals surface area contributed by atoms with Crippen LogP contribution in [0.2, 0.25) is 0 Å². The molecule has 0 bridgehead atoms. The largest absolute Gasteiger partial charge is 0.497 e. The highest BCUT2D eigenvalue weighted by molar-refractivity contribution is 7.16. The lowest BCUT2D eigenvalue weighted by molar-refractivity contribution is -0.133. The molecule has 6 aromatic carbocycles. The molecule has 10 heteroatoms. The van der Waals surface area contributed by atoms with Gasteiger partial charge in [-0.15, -0.1) is 22.7 Å². The van der Waals surface area contributed by atoms with Crippen molar-refractivity contribution in [1.29, 1.82) is 10.5 Å². The second-order valence-corrected chi connectivity index (χ2v) is 16.9. The van der Waals surface area contributed by atoms with Gasteiger partial charge in [0.1, 0.15) is 29.0 Å². The Balaban J connectivity index is 0.993. The summed E-state index contributed by atoms with van der Waals surface area (Å²) in [6.45, 7) is 0. The Morgan fingerprint density at radius 1 is 0.508 bits per heavy atom. The lowest BCUT2D eigenvalue weighted by Gasteiger charge is -2.26. The van der Waals surface area contributed by atoms with E-state index in [1.807, 2.05) is 84.9 Å². The van der Waals surface area contributed by atoms with Crippen LogP contribution < -0.4 is 9.64 Å². The highest BCUT2D eigenvalue weighted by Crippen LogP contribution is 2.38. The summed E-state index contributed by atoms with van der Waals surface area (Å²) in [5.74, 6) is -1.68. The van der Waals surface area contributed by atoms with Crippen LogP contribution in [-0.4, -0.2) is 29.3 Å². The standard InChI is InChI=1S/C55H37N3O5S2/c1-63-49-25-19-42-30-48(24-18-43(42)31-49)58(46-20-10-38(11-21-46)4-2-36-6-14-40(15-7-36)52-28-26-50(64-52)32-44(34-56)54(59)60)47-22-12-39(13-23-47)5-3-37-8-16-41(17-9-37)53-29-27-51(65-53)33-45(35-57)55(61)62/h2-33H,1H3,(H,59,60)(H,61,62)/b4-2+,5-3+,44-32-,45-33+. The smallest absolute Gasteiger partial charge is 0.346 e. The molecule has 0 aliphatic heterocycles. The van der Waals surface area contributed by atoms with E-state index in [0.717, 1.165) is 76.7 Å². The number of nitriles is 2. The van der Waals surface area contributed by atoms with E-state index in [0.29, 0.717) is 9.75 Å². The first-order chi connectivity index (χ1) is 31.7. The molecule has 0 amide bonds. The Hall–Kier alpha value is -8.54. The zero-order valence-electron chi connectivity index (χ0n) is 34.8. The molecule has 0 saturated carbocycles. The van der Waals surface area contributed by atoms with Crippen LogP contribution in [0.5, 0.6) is 5.75 Å². The minimum atomic E-state index is -1.24. The molecule has 8 aromatic rings. The van der Waals surface area contributed by atoms with Gasteiger partial charge in [0, 0.05) is 36.6 Å². The number of rotatable bonds is 14. The summed E-state index contributed by atoms with van der Waals surface area (Å²) >= 11 is 2.86. The average Bonchev–Trinajstić information content (AvgIpc) is 4.02. The number of thiophene rings is 2. The van der Waals surface area contributed by atoms with Crippen molar-refractivity contribution < 1.29 is 24.5 Å². The second kappa shape index (κ2) is 19.7. The molecule has 0 aliphatic rings. The molecule has 0 spiro atoms. The number of benzene rings is 6. The summed E-state index contributed by atoms with van der Waals surface area (Å²) in [5, 5.41) is 38.8. The number of fused-ring (bicyclic) bond motifs is 1. The zero-order valence-corrected chi connectivity index (χ0v) is 36.4. The zero-order chi connectivity index (χ0) is 45.3. The maximum Gasteiger partial charge on any atom is 0.346 e. The van der Waals surface area contributed by atoms with Gasteiger partial charge in [-0.1, -0.05) is 109 Å². The van der Waals surface area contributed by atoms with Crippen molar-refractivity contribution >= 4 is 98.9 Å². The minimum Gasteiger partial charge on any atom is -0.497 e. The highest BCUT2D eigenvalue weighted by atomic mass is 32.1. The molecule has 2 N–H and O–H groups in total. The van der Waals surface area contributed by atoms with E-state index in [4.69, 9.17) is 15.3 Å². The molecule has 0 fully saturated rings. The third-order valence-corrected chi connectivity index (χ3v) is 12.6. The van der Waals surface area contributed by atoms with Crippen LogP contribution in [0.3, 0.4) is 0 Å². The van der Waals surface area contributed by atoms with Crippen molar-refractivity contribution in [2.45, 2.75) is 0 Å². The van der Waals surface area contributed by atoms with Crippen LogP contribution in [0.15, 0.2) is 169 Å². The SMILES string of the molecule is COc1ccc2cc(N(c3ccc(/C=C/c4ccc(-c5ccc(/C=C(/C#N)C(=O)O)s5)cc4)cc3)c3ccc(/C=C/c4ccc(-c5ccc(/C=C(\C#N)C(=O)O)s5)cc4)cc3)ccc2c1. The first-order valence-electron chi connectivity index (χ1n) is 20.2. The normalized spacial score (nSPS) is 11.7. The number of carboxylic acids is 2. The summed E-state index contributed by atoms with van der Waals surface area (Å²) in [5.41, 5.74) is 8.58. The highest BCUT2D eigenvalue weighted by Gasteiger charge is 2.14. The van der Waals surface area contributed by atoms with E-state index in [2.05, 4.69) is 102 Å². The van der Waals surface area contributed by atoms with Crippen LogP contribution in [0.1, 0.15) is 32.0 Å². The minimum absolute atomic E-state index is 0.296. The molecule has 8 rings (SSSR count). The van der Waals surface area contributed by atoms with Crippen LogP contribution >= 0.6 is 22.7 Å². The average molecular weight is 884 g/mol. The third kappa shape index (κ3) is 10.4. The van der Waals surface area contributed by atoms with Gasteiger partial charge in [-0.3, -0.25) is 0 Å². The number of ether oxygens (including phenoxy) is 1. The fourth-order valence-electron chi connectivity index (χ4n) is 7.03. The van der Waals surface area contributed by atoms with Gasteiger partial charge in [-0.05, 0) is 129 Å². The quantitative estimate of drug-likeness (QED) is 0.0626. The number of carboxylic acid groups (broad SMARTS) is 2. The maximum absolute atomic E-state index is 11.2. The fourth-order valence-corrected chi connectivity index (χ4v) is 8.95. The Morgan fingerprint density at radius 2 is 0.892 bits per heavy atom. The molecule has 314 valence electrons. The molecule has 0 radical (unpaired) electrons. The number of nitrogens with zero attached hydrogens (tertiary/aromatic N) is 3. The Morgan fingerprint density at radius 3 is 1.29 bits per heavy atom. The molecule has 8 nitrogen and oxygen atoms in total. The van der Waals surface area contributed by atoms with Gasteiger partial charge in [0.25, 0.3) is 0 Å². The van der Waals surface area contributed by atoms with Gasteiger partial charge in [-0.25, -0.2) is 9.59 Å². The van der Waals surface area contributed by atoms with Gasteiger partial charge < -0.3 is 19.8 Å². The predicted molar refractivity (Wildman–Crippen MR) is 265 cm³/mol. The Labute approximate surface area is 383 Å². The van der Waals surface area contributed by atoms with Crippen LogP contribution in [-0.2, 0) is 9.59 Å². The monoisotopic (exact) mass is 883 g/mol. The lowest BCUT2D eigenvalue weighted by Crippen LogP contribution is -2.09. The number of carbonyl (C=O) groups is 2. The number of hydrogen-bond donors (Lipinski definition) is 2. The van der Waals surface area contributed by atoms with Crippen LogP contribution in [0.25, 0.3) is 68.1 Å². The molecule has 65 heavy (non-hydrogen) atoms. The maximum atomic E-state index is 11.2. The first kappa shape index (κ1) is 43.1. The van der Waals surface area contributed by atoms with Crippen molar-refractivity contribution in [3.8, 4) is 38.8 Å². The lowest BCUT2D eigenvalue weighted by atomic mass is 10.1. The van der Waals surface area contributed by atoms with E-state index < -0.39 is 11.9 Å². The summed E-state index contributed by atoms with van der Waals surface area (Å²) in [6, 6.07) is 56.6. The van der Waals surface area contributed by atoms with Gasteiger partial charge in [0.2, 0.25) is 0 Å². The summed E-state index contributed by atoms with van der Waals surface area (Å²) in [7, 11) is 1.67. The number of anilines is 3. The second-order valence-electron chi connectivity index (χ2n) is 14.7. The van der Waals surface area contributed by atoms with Gasteiger partial charge in [0.15, 0.2) is 0 Å². The number of methoxy groups -OCH3 is 1. The fraction of sp³-hybridized carbons (Fsp3) is 0.0182. The van der Waals surface area contributed by atoms with Crippen LogP contribution in [0.4, 0.5) is 17.1 Å². The summed E-state index contributed by atoms with van der Waals surface area (Å²) < 4.78 is 5.47. The van der Waals surface area contributed by atoms with E-state index in [-0.39, 0.29) is 11.1 Å².